The molecule has 1 N–H and O–H groups in total. The van der Waals surface area contributed by atoms with Gasteiger partial charge >= 0.3 is 0 Å². The normalized spacial score (nSPS) is 22.0. The van der Waals surface area contributed by atoms with Gasteiger partial charge in [-0.25, -0.2) is 0 Å². The first kappa shape index (κ1) is 13.1. The fourth-order valence-electron chi connectivity index (χ4n) is 3.00. The maximum atomic E-state index is 4.42. The number of rotatable bonds is 5. The highest BCUT2D eigenvalue weighted by atomic mass is 15.3. The molecule has 2 heterocycles. The maximum absolute atomic E-state index is 4.42. The number of aryl methyl sites for hydroxylation is 2. The van der Waals surface area contributed by atoms with Gasteiger partial charge in [0, 0.05) is 31.4 Å². The molecular formula is C15H26N4. The molecule has 3 rings (SSSR count). The first-order valence-corrected chi connectivity index (χ1v) is 7.65. The Morgan fingerprint density at radius 3 is 2.58 bits per heavy atom. The van der Waals surface area contributed by atoms with Crippen molar-refractivity contribution in [2.24, 2.45) is 13.0 Å². The van der Waals surface area contributed by atoms with Crippen molar-refractivity contribution in [2.45, 2.75) is 45.2 Å². The first-order valence-electron chi connectivity index (χ1n) is 7.65. The van der Waals surface area contributed by atoms with E-state index in [2.05, 4.69) is 28.4 Å². The lowest BCUT2D eigenvalue weighted by atomic mass is 10.0. The number of aromatic nitrogens is 2. The predicted molar refractivity (Wildman–Crippen MR) is 77.0 cm³/mol. The minimum Gasteiger partial charge on any atom is -0.314 e. The molecule has 0 atom stereocenters. The van der Waals surface area contributed by atoms with E-state index in [1.54, 1.807) is 0 Å². The molecule has 2 aliphatic rings. The van der Waals surface area contributed by atoms with Gasteiger partial charge in [-0.3, -0.25) is 9.58 Å². The van der Waals surface area contributed by atoms with Crippen LogP contribution in [0.1, 0.15) is 36.9 Å². The van der Waals surface area contributed by atoms with Gasteiger partial charge in [0.2, 0.25) is 0 Å². The van der Waals surface area contributed by atoms with Crippen LogP contribution in [0.5, 0.6) is 0 Å². The smallest absolute Gasteiger partial charge is 0.0638 e. The fourth-order valence-corrected chi connectivity index (χ4v) is 3.00. The summed E-state index contributed by atoms with van der Waals surface area (Å²) < 4.78 is 1.93. The maximum Gasteiger partial charge on any atom is 0.0638 e. The molecule has 2 fully saturated rings. The monoisotopic (exact) mass is 262 g/mol. The van der Waals surface area contributed by atoms with Crippen molar-refractivity contribution in [1.82, 2.24) is 20.0 Å². The number of nitrogens with one attached hydrogen (secondary N) is 1. The third-order valence-electron chi connectivity index (χ3n) is 4.49. The Morgan fingerprint density at radius 2 is 2.00 bits per heavy atom. The molecular weight excluding hydrogens is 236 g/mol. The molecule has 0 amide bonds. The van der Waals surface area contributed by atoms with Crippen LogP contribution in [-0.2, 0) is 13.6 Å². The first-order chi connectivity index (χ1) is 9.20. The van der Waals surface area contributed by atoms with Gasteiger partial charge in [-0.05, 0) is 58.2 Å². The van der Waals surface area contributed by atoms with Crippen LogP contribution in [0.25, 0.3) is 0 Å². The van der Waals surface area contributed by atoms with Gasteiger partial charge in [0.15, 0.2) is 0 Å². The molecule has 1 aromatic rings. The lowest BCUT2D eigenvalue weighted by Crippen LogP contribution is -2.42. The van der Waals surface area contributed by atoms with Crippen LogP contribution in [0.15, 0.2) is 6.20 Å². The number of nitrogens with zero attached hydrogens (tertiary/aromatic N) is 3. The third kappa shape index (κ3) is 3.57. The van der Waals surface area contributed by atoms with Crippen molar-refractivity contribution in [3.8, 4) is 0 Å². The highest BCUT2D eigenvalue weighted by Gasteiger charge is 2.24. The largest absolute Gasteiger partial charge is 0.314 e. The molecule has 0 aromatic carbocycles. The van der Waals surface area contributed by atoms with Crippen LogP contribution >= 0.6 is 0 Å². The van der Waals surface area contributed by atoms with Gasteiger partial charge in [0.1, 0.15) is 0 Å². The molecule has 0 bridgehead atoms. The van der Waals surface area contributed by atoms with Gasteiger partial charge in [0.05, 0.1) is 5.69 Å². The summed E-state index contributed by atoms with van der Waals surface area (Å²) in [7, 11) is 2.00. The summed E-state index contributed by atoms with van der Waals surface area (Å²) in [5, 5.41) is 8.17. The molecule has 1 aliphatic carbocycles. The molecule has 0 unspecified atom stereocenters. The van der Waals surface area contributed by atoms with Gasteiger partial charge in [0.25, 0.3) is 0 Å². The lowest BCUT2D eigenvalue weighted by molar-refractivity contribution is 0.190. The van der Waals surface area contributed by atoms with E-state index >= 15 is 0 Å². The number of hydrogen-bond acceptors (Lipinski definition) is 3. The fraction of sp³-hybridized carbons (Fsp3) is 0.800. The molecule has 1 saturated carbocycles. The minimum atomic E-state index is 0.756. The van der Waals surface area contributed by atoms with Crippen molar-refractivity contribution >= 4 is 0 Å². The average molecular weight is 262 g/mol. The summed E-state index contributed by atoms with van der Waals surface area (Å²) in [6.07, 6.45) is 7.66. The second-order valence-electron chi connectivity index (χ2n) is 6.32. The van der Waals surface area contributed by atoms with E-state index in [0.717, 1.165) is 18.5 Å². The van der Waals surface area contributed by atoms with E-state index in [-0.39, 0.29) is 0 Å². The van der Waals surface area contributed by atoms with E-state index < -0.39 is 0 Å². The molecule has 4 nitrogen and oxygen atoms in total. The SMILES string of the molecule is Cc1nn(C)cc1CN1CCC(NCC2CC2)CC1. The minimum absolute atomic E-state index is 0.756. The molecule has 1 aromatic heterocycles. The Hall–Kier alpha value is -0.870. The number of likely N-dealkylation sites (tertiary alicyclic amines) is 1. The van der Waals surface area contributed by atoms with E-state index in [1.165, 1.54) is 56.6 Å². The lowest BCUT2D eigenvalue weighted by Gasteiger charge is -2.32. The van der Waals surface area contributed by atoms with E-state index in [9.17, 15) is 0 Å². The second-order valence-corrected chi connectivity index (χ2v) is 6.32. The van der Waals surface area contributed by atoms with Gasteiger partial charge in [-0.2, -0.15) is 5.10 Å². The van der Waals surface area contributed by atoms with E-state index in [0.29, 0.717) is 0 Å². The zero-order valence-corrected chi connectivity index (χ0v) is 12.2. The summed E-state index contributed by atoms with van der Waals surface area (Å²) in [6, 6.07) is 0.756. The Balaban J connectivity index is 1.43. The van der Waals surface area contributed by atoms with Crippen LogP contribution in [0.2, 0.25) is 0 Å². The zero-order chi connectivity index (χ0) is 13.2. The van der Waals surface area contributed by atoms with Gasteiger partial charge in [-0.1, -0.05) is 0 Å². The standard InChI is InChI=1S/C15H26N4/c1-12-14(10-18(2)17-12)11-19-7-5-15(6-8-19)16-9-13-3-4-13/h10,13,15-16H,3-9,11H2,1-2H3. The second kappa shape index (κ2) is 5.63. The summed E-state index contributed by atoms with van der Waals surface area (Å²) >= 11 is 0. The molecule has 1 aliphatic heterocycles. The van der Waals surface area contributed by atoms with Crippen LogP contribution in [0.4, 0.5) is 0 Å². The third-order valence-corrected chi connectivity index (χ3v) is 4.49. The number of hydrogen-bond donors (Lipinski definition) is 1. The highest BCUT2D eigenvalue weighted by molar-refractivity contribution is 5.15. The van der Waals surface area contributed by atoms with Gasteiger partial charge in [-0.15, -0.1) is 0 Å². The Bertz CT molecular complexity index is 414. The summed E-state index contributed by atoms with van der Waals surface area (Å²) in [6.45, 7) is 6.87. The summed E-state index contributed by atoms with van der Waals surface area (Å²) in [4.78, 5) is 2.57. The number of piperidine rings is 1. The molecule has 0 radical (unpaired) electrons. The van der Waals surface area contributed by atoms with Crippen LogP contribution in [0.3, 0.4) is 0 Å². The highest BCUT2D eigenvalue weighted by Crippen LogP contribution is 2.28. The average Bonchev–Trinajstić information content (AvgIpc) is 3.16. The van der Waals surface area contributed by atoms with E-state index in [4.69, 9.17) is 0 Å². The quantitative estimate of drug-likeness (QED) is 0.876. The molecule has 0 spiro atoms. The molecule has 106 valence electrons. The topological polar surface area (TPSA) is 33.1 Å². The summed E-state index contributed by atoms with van der Waals surface area (Å²) in [5.74, 6) is 0.996. The van der Waals surface area contributed by atoms with Crippen LogP contribution in [0, 0.1) is 12.8 Å². The van der Waals surface area contributed by atoms with Crippen molar-refractivity contribution in [1.29, 1.82) is 0 Å². The van der Waals surface area contributed by atoms with E-state index in [1.807, 2.05) is 11.7 Å². The molecule has 1 saturated heterocycles. The Morgan fingerprint density at radius 1 is 1.26 bits per heavy atom. The van der Waals surface area contributed by atoms with Crippen molar-refractivity contribution in [3.63, 3.8) is 0 Å². The van der Waals surface area contributed by atoms with Crippen molar-refractivity contribution in [2.75, 3.05) is 19.6 Å². The molecule has 4 heteroatoms. The zero-order valence-electron chi connectivity index (χ0n) is 12.2. The summed E-state index contributed by atoms with van der Waals surface area (Å²) in [5.41, 5.74) is 2.56. The van der Waals surface area contributed by atoms with Crippen molar-refractivity contribution in [3.05, 3.63) is 17.5 Å². The van der Waals surface area contributed by atoms with Gasteiger partial charge < -0.3 is 5.32 Å². The predicted octanol–water partition coefficient (Wildman–Crippen LogP) is 1.69. The Kier molecular flexibility index (Phi) is 3.89. The van der Waals surface area contributed by atoms with Crippen molar-refractivity contribution < 1.29 is 0 Å². The Labute approximate surface area is 116 Å². The van der Waals surface area contributed by atoms with Crippen LogP contribution in [-0.4, -0.2) is 40.4 Å². The van der Waals surface area contributed by atoms with Crippen LogP contribution < -0.4 is 5.32 Å². The molecule has 19 heavy (non-hydrogen) atoms.